The molecule has 0 aromatic heterocycles. The van der Waals surface area contributed by atoms with E-state index in [9.17, 15) is 22.8 Å². The van der Waals surface area contributed by atoms with E-state index in [2.05, 4.69) is 5.32 Å². The summed E-state index contributed by atoms with van der Waals surface area (Å²) in [5.74, 6) is -0.0584. The molecule has 2 aromatic carbocycles. The van der Waals surface area contributed by atoms with Crippen molar-refractivity contribution >= 4 is 40.5 Å². The van der Waals surface area contributed by atoms with E-state index in [0.29, 0.717) is 30.0 Å². The standard InChI is InChI=1S/C24H19F3N4O4S/c1-29-20(32)19-12-34-18-10-15(5-6-17(18)35-19)31-22(36)30(21(33)23(31)7-2-8-23)14-4-3-13(11-28)16(9-14)24(25,26)27/h3-6,9-10,19H,2,7-8,12H2,1H3,(H,29,32)/t19-/m1/s1. The molecule has 2 aliphatic heterocycles. The molecule has 12 heteroatoms. The van der Waals surface area contributed by atoms with Gasteiger partial charge in [-0.3, -0.25) is 14.5 Å². The second-order valence-electron chi connectivity index (χ2n) is 8.65. The third-order valence-electron chi connectivity index (χ3n) is 6.66. The van der Waals surface area contributed by atoms with E-state index < -0.39 is 34.9 Å². The third-order valence-corrected chi connectivity index (χ3v) is 7.03. The Bertz CT molecular complexity index is 1340. The lowest BCUT2D eigenvalue weighted by Crippen LogP contribution is -2.55. The van der Waals surface area contributed by atoms with Gasteiger partial charge in [0.05, 0.1) is 22.9 Å². The van der Waals surface area contributed by atoms with Crippen LogP contribution in [-0.4, -0.2) is 42.2 Å². The number of nitrogens with zero attached hydrogens (tertiary/aromatic N) is 3. The fraction of sp³-hybridized carbons (Fsp3) is 0.333. The predicted molar refractivity (Wildman–Crippen MR) is 126 cm³/mol. The van der Waals surface area contributed by atoms with Crippen LogP contribution in [0, 0.1) is 11.3 Å². The zero-order valence-electron chi connectivity index (χ0n) is 18.9. The van der Waals surface area contributed by atoms with E-state index in [0.717, 1.165) is 23.5 Å². The van der Waals surface area contributed by atoms with Crippen LogP contribution in [0.4, 0.5) is 24.5 Å². The van der Waals surface area contributed by atoms with Gasteiger partial charge in [-0.15, -0.1) is 0 Å². The maximum Gasteiger partial charge on any atom is 0.417 e. The third kappa shape index (κ3) is 3.53. The number of thiocarbonyl (C=S) groups is 1. The number of carbonyl (C=O) groups is 2. The topological polar surface area (TPSA) is 94.9 Å². The highest BCUT2D eigenvalue weighted by atomic mass is 32.1. The molecule has 2 amide bonds. The predicted octanol–water partition coefficient (Wildman–Crippen LogP) is 3.52. The van der Waals surface area contributed by atoms with Gasteiger partial charge in [0.2, 0.25) is 6.10 Å². The van der Waals surface area contributed by atoms with Crippen LogP contribution in [-0.2, 0) is 15.8 Å². The Labute approximate surface area is 209 Å². The monoisotopic (exact) mass is 516 g/mol. The van der Waals surface area contributed by atoms with Crippen molar-refractivity contribution in [3.8, 4) is 17.6 Å². The van der Waals surface area contributed by atoms with Crippen molar-refractivity contribution in [3.63, 3.8) is 0 Å². The van der Waals surface area contributed by atoms with Gasteiger partial charge in [0, 0.05) is 18.8 Å². The number of hydrogen-bond acceptors (Lipinski definition) is 6. The van der Waals surface area contributed by atoms with E-state index in [1.807, 2.05) is 0 Å². The van der Waals surface area contributed by atoms with Gasteiger partial charge in [0.1, 0.15) is 12.1 Å². The first-order valence-electron chi connectivity index (χ1n) is 11.1. The number of rotatable bonds is 3. The summed E-state index contributed by atoms with van der Waals surface area (Å²) in [4.78, 5) is 28.2. The van der Waals surface area contributed by atoms with Crippen LogP contribution in [0.3, 0.4) is 0 Å². The van der Waals surface area contributed by atoms with Crippen molar-refractivity contribution in [2.24, 2.45) is 0 Å². The summed E-state index contributed by atoms with van der Waals surface area (Å²) in [6.07, 6.45) is -3.90. The minimum absolute atomic E-state index is 0.0117. The first-order chi connectivity index (χ1) is 17.1. The van der Waals surface area contributed by atoms with Crippen LogP contribution >= 0.6 is 12.2 Å². The van der Waals surface area contributed by atoms with Crippen LogP contribution < -0.4 is 24.6 Å². The van der Waals surface area contributed by atoms with E-state index in [4.69, 9.17) is 27.0 Å². The fourth-order valence-corrected chi connectivity index (χ4v) is 5.17. The van der Waals surface area contributed by atoms with Crippen molar-refractivity contribution in [3.05, 3.63) is 47.5 Å². The van der Waals surface area contributed by atoms with Crippen molar-refractivity contribution in [2.45, 2.75) is 37.1 Å². The van der Waals surface area contributed by atoms with Gasteiger partial charge >= 0.3 is 6.18 Å². The second-order valence-corrected chi connectivity index (χ2v) is 9.01. The number of halogens is 3. The largest absolute Gasteiger partial charge is 0.485 e. The number of hydrogen-bond donors (Lipinski definition) is 1. The molecule has 2 heterocycles. The Hall–Kier alpha value is -3.85. The number of nitrogens with one attached hydrogen (secondary N) is 1. The minimum Gasteiger partial charge on any atom is -0.485 e. The molecular formula is C24H19F3N4O4S. The molecule has 1 atom stereocenters. The molecule has 0 unspecified atom stereocenters. The molecule has 1 saturated carbocycles. The highest BCUT2D eigenvalue weighted by Gasteiger charge is 2.59. The maximum atomic E-state index is 13.6. The quantitative estimate of drug-likeness (QED) is 0.624. The van der Waals surface area contributed by atoms with Gasteiger partial charge in [0.15, 0.2) is 16.6 Å². The molecular weight excluding hydrogens is 497 g/mol. The Balaban J connectivity index is 1.52. The van der Waals surface area contributed by atoms with Crippen molar-refractivity contribution in [2.75, 3.05) is 23.5 Å². The van der Waals surface area contributed by atoms with Gasteiger partial charge < -0.3 is 19.7 Å². The Morgan fingerprint density at radius 2 is 1.92 bits per heavy atom. The average Bonchev–Trinajstić information content (AvgIpc) is 3.08. The van der Waals surface area contributed by atoms with Crippen LogP contribution in [0.2, 0.25) is 0 Å². The lowest BCUT2D eigenvalue weighted by molar-refractivity contribution is -0.137. The summed E-state index contributed by atoms with van der Waals surface area (Å²) in [5.41, 5.74) is -2.25. The Morgan fingerprint density at radius 1 is 1.19 bits per heavy atom. The highest BCUT2D eigenvalue weighted by Crippen LogP contribution is 2.49. The number of carbonyl (C=O) groups excluding carboxylic acids is 2. The first kappa shape index (κ1) is 23.9. The van der Waals surface area contributed by atoms with Gasteiger partial charge in [-0.25, -0.2) is 0 Å². The molecule has 0 radical (unpaired) electrons. The molecule has 1 saturated heterocycles. The van der Waals surface area contributed by atoms with Gasteiger partial charge in [-0.2, -0.15) is 18.4 Å². The SMILES string of the molecule is CNC(=O)[C@H]1COc2cc(N3C(=S)N(c4ccc(C#N)c(C(F)(F)F)c4)C(=O)C34CCC4)ccc2O1. The van der Waals surface area contributed by atoms with Crippen LogP contribution in [0.5, 0.6) is 11.5 Å². The Morgan fingerprint density at radius 3 is 2.53 bits per heavy atom. The van der Waals surface area contributed by atoms with Crippen molar-refractivity contribution in [1.29, 1.82) is 5.26 Å². The summed E-state index contributed by atoms with van der Waals surface area (Å²) in [6, 6.07) is 9.55. The number of fused-ring (bicyclic) bond motifs is 1. The molecule has 8 nitrogen and oxygen atoms in total. The number of ether oxygens (including phenoxy) is 2. The molecule has 1 spiro atoms. The molecule has 3 aliphatic rings. The number of nitriles is 1. The molecule has 0 bridgehead atoms. The molecule has 5 rings (SSSR count). The lowest BCUT2D eigenvalue weighted by Gasteiger charge is -2.43. The van der Waals surface area contributed by atoms with E-state index in [1.54, 1.807) is 29.2 Å². The van der Waals surface area contributed by atoms with Crippen LogP contribution in [0.25, 0.3) is 0 Å². The molecule has 36 heavy (non-hydrogen) atoms. The summed E-state index contributed by atoms with van der Waals surface area (Å²) >= 11 is 5.63. The second kappa shape index (κ2) is 8.37. The maximum absolute atomic E-state index is 13.6. The van der Waals surface area contributed by atoms with E-state index in [-0.39, 0.29) is 23.3 Å². The van der Waals surface area contributed by atoms with Gasteiger partial charge in [-0.1, -0.05) is 0 Å². The lowest BCUT2D eigenvalue weighted by atomic mass is 9.75. The van der Waals surface area contributed by atoms with E-state index >= 15 is 0 Å². The molecule has 2 fully saturated rings. The number of amides is 2. The highest BCUT2D eigenvalue weighted by molar-refractivity contribution is 7.81. The zero-order chi connectivity index (χ0) is 25.8. The fourth-order valence-electron chi connectivity index (χ4n) is 4.70. The smallest absolute Gasteiger partial charge is 0.417 e. The van der Waals surface area contributed by atoms with Crippen molar-refractivity contribution in [1.82, 2.24) is 5.32 Å². The van der Waals surface area contributed by atoms with Crippen molar-refractivity contribution < 1.29 is 32.2 Å². The number of benzene rings is 2. The summed E-state index contributed by atoms with van der Waals surface area (Å²) in [7, 11) is 1.49. The molecule has 2 aromatic rings. The normalized spacial score (nSPS) is 20.2. The summed E-state index contributed by atoms with van der Waals surface area (Å²) in [5, 5.41) is 11.6. The minimum atomic E-state index is -4.78. The van der Waals surface area contributed by atoms with Crippen LogP contribution in [0.15, 0.2) is 36.4 Å². The van der Waals surface area contributed by atoms with Gasteiger partial charge in [0.25, 0.3) is 11.8 Å². The summed E-state index contributed by atoms with van der Waals surface area (Å²) < 4.78 is 52.2. The Kier molecular flexibility index (Phi) is 5.55. The zero-order valence-corrected chi connectivity index (χ0v) is 19.7. The van der Waals surface area contributed by atoms with E-state index in [1.165, 1.54) is 13.1 Å². The van der Waals surface area contributed by atoms with Crippen LogP contribution in [0.1, 0.15) is 30.4 Å². The molecule has 1 aliphatic carbocycles. The number of alkyl halides is 3. The average molecular weight is 517 g/mol. The first-order valence-corrected chi connectivity index (χ1v) is 11.5. The molecule has 186 valence electrons. The number of anilines is 2. The summed E-state index contributed by atoms with van der Waals surface area (Å²) in [6.45, 7) is -0.0117. The molecule has 1 N–H and O–H groups in total. The van der Waals surface area contributed by atoms with Gasteiger partial charge in [-0.05, 0) is 61.8 Å². The number of likely N-dealkylation sites (N-methyl/N-ethyl adjacent to an activating group) is 1.